The molecule has 2 rings (SSSR count). The minimum absolute atomic E-state index is 0.317. The number of benzene rings is 2. The topological polar surface area (TPSA) is 29.5 Å². The van der Waals surface area contributed by atoms with Crippen molar-refractivity contribution in [2.24, 2.45) is 0 Å². The number of rotatable bonds is 3. The van der Waals surface area contributed by atoms with E-state index in [1.54, 1.807) is 13.0 Å². The van der Waals surface area contributed by atoms with Gasteiger partial charge in [-0.15, -0.1) is 0 Å². The maximum atomic E-state index is 13.2. The van der Waals surface area contributed by atoms with Crippen LogP contribution in [-0.2, 0) is 0 Å². The van der Waals surface area contributed by atoms with Crippen LogP contribution in [0.2, 0.25) is 0 Å². The molecule has 0 amide bonds. The van der Waals surface area contributed by atoms with Gasteiger partial charge in [-0.3, -0.25) is 0 Å². The zero-order valence-electron chi connectivity index (χ0n) is 10.7. The van der Waals surface area contributed by atoms with Crippen LogP contribution in [0.15, 0.2) is 36.4 Å². The van der Waals surface area contributed by atoms with Gasteiger partial charge >= 0.3 is 0 Å². The summed E-state index contributed by atoms with van der Waals surface area (Å²) >= 11 is 0. The molecule has 0 spiro atoms. The van der Waals surface area contributed by atoms with Gasteiger partial charge in [-0.05, 0) is 55.8 Å². The molecule has 0 radical (unpaired) electrons. The Morgan fingerprint density at radius 1 is 1.11 bits per heavy atom. The van der Waals surface area contributed by atoms with Gasteiger partial charge in [0.25, 0.3) is 0 Å². The lowest BCUT2D eigenvalue weighted by molar-refractivity contribution is 0.195. The molecule has 1 atom stereocenters. The van der Waals surface area contributed by atoms with Crippen LogP contribution in [0.1, 0.15) is 24.2 Å². The highest BCUT2D eigenvalue weighted by molar-refractivity contribution is 5.40. The SMILES string of the molecule is Cc1cc(Oc2ccc(F)cc2[C@H](C)O)ccc1F. The molecule has 1 N–H and O–H groups in total. The van der Waals surface area contributed by atoms with Gasteiger partial charge in [-0.2, -0.15) is 0 Å². The molecule has 2 aromatic rings. The molecule has 100 valence electrons. The van der Waals surface area contributed by atoms with Crippen molar-refractivity contribution >= 4 is 0 Å². The van der Waals surface area contributed by atoms with E-state index in [2.05, 4.69) is 0 Å². The summed E-state index contributed by atoms with van der Waals surface area (Å²) in [6.07, 6.45) is -0.854. The van der Waals surface area contributed by atoms with Crippen LogP contribution in [0.4, 0.5) is 8.78 Å². The molecule has 2 nitrogen and oxygen atoms in total. The largest absolute Gasteiger partial charge is 0.457 e. The first-order valence-corrected chi connectivity index (χ1v) is 5.89. The van der Waals surface area contributed by atoms with Crippen molar-refractivity contribution in [1.29, 1.82) is 0 Å². The Bertz CT molecular complexity index is 595. The van der Waals surface area contributed by atoms with E-state index in [1.165, 1.54) is 37.3 Å². The van der Waals surface area contributed by atoms with Gasteiger partial charge in [0, 0.05) is 5.56 Å². The summed E-state index contributed by atoms with van der Waals surface area (Å²) in [6, 6.07) is 8.24. The number of hydrogen-bond acceptors (Lipinski definition) is 2. The molecule has 2 aromatic carbocycles. The Kier molecular flexibility index (Phi) is 3.81. The third kappa shape index (κ3) is 3.09. The van der Waals surface area contributed by atoms with Crippen LogP contribution in [0.3, 0.4) is 0 Å². The van der Waals surface area contributed by atoms with Crippen molar-refractivity contribution in [1.82, 2.24) is 0 Å². The molecule has 0 saturated carbocycles. The van der Waals surface area contributed by atoms with Crippen molar-refractivity contribution in [3.05, 3.63) is 59.2 Å². The maximum absolute atomic E-state index is 13.2. The quantitative estimate of drug-likeness (QED) is 0.903. The minimum Gasteiger partial charge on any atom is -0.457 e. The fourth-order valence-corrected chi connectivity index (χ4v) is 1.75. The van der Waals surface area contributed by atoms with E-state index in [9.17, 15) is 13.9 Å². The van der Waals surface area contributed by atoms with Crippen LogP contribution in [0, 0.1) is 18.6 Å². The fraction of sp³-hybridized carbons (Fsp3) is 0.200. The predicted octanol–water partition coefficient (Wildman–Crippen LogP) is 4.12. The number of aliphatic hydroxyl groups excluding tert-OH is 1. The van der Waals surface area contributed by atoms with E-state index in [0.29, 0.717) is 22.6 Å². The number of halogens is 2. The molecule has 4 heteroatoms. The number of aryl methyl sites for hydroxylation is 1. The third-order valence-electron chi connectivity index (χ3n) is 2.78. The first-order chi connectivity index (χ1) is 8.97. The second-order valence-corrected chi connectivity index (χ2v) is 4.37. The van der Waals surface area contributed by atoms with E-state index >= 15 is 0 Å². The summed E-state index contributed by atoms with van der Waals surface area (Å²) in [5, 5.41) is 9.60. The molecule has 0 unspecified atom stereocenters. The average Bonchev–Trinajstić information content (AvgIpc) is 2.36. The van der Waals surface area contributed by atoms with E-state index in [1.807, 2.05) is 0 Å². The maximum Gasteiger partial charge on any atom is 0.133 e. The molecule has 0 aliphatic rings. The average molecular weight is 264 g/mol. The van der Waals surface area contributed by atoms with Gasteiger partial charge in [0.15, 0.2) is 0 Å². The standard InChI is InChI=1S/C15H14F2O2/c1-9-7-12(4-5-14(9)17)19-15-6-3-11(16)8-13(15)10(2)18/h3-8,10,18H,1-2H3/t10-/m0/s1. The van der Waals surface area contributed by atoms with Crippen LogP contribution in [0.5, 0.6) is 11.5 Å². The van der Waals surface area contributed by atoms with Crippen LogP contribution >= 0.6 is 0 Å². The molecule has 0 aromatic heterocycles. The van der Waals surface area contributed by atoms with E-state index in [-0.39, 0.29) is 5.82 Å². The molecule has 0 aliphatic heterocycles. The Hall–Kier alpha value is -1.94. The van der Waals surface area contributed by atoms with Gasteiger partial charge in [0.2, 0.25) is 0 Å². The molecular weight excluding hydrogens is 250 g/mol. The molecule has 19 heavy (non-hydrogen) atoms. The van der Waals surface area contributed by atoms with Crippen molar-refractivity contribution in [2.45, 2.75) is 20.0 Å². The van der Waals surface area contributed by atoms with Gasteiger partial charge in [-0.25, -0.2) is 8.78 Å². The first kappa shape index (κ1) is 13.5. The lowest BCUT2D eigenvalue weighted by atomic mass is 10.1. The van der Waals surface area contributed by atoms with Crippen molar-refractivity contribution in [2.75, 3.05) is 0 Å². The summed E-state index contributed by atoms with van der Waals surface area (Å²) in [6.45, 7) is 3.15. The minimum atomic E-state index is -0.854. The summed E-state index contributed by atoms with van der Waals surface area (Å²) in [5.74, 6) is 0.0237. The normalized spacial score (nSPS) is 12.3. The summed E-state index contributed by atoms with van der Waals surface area (Å²) in [7, 11) is 0. The van der Waals surface area contributed by atoms with Gasteiger partial charge < -0.3 is 9.84 Å². The number of ether oxygens (including phenoxy) is 1. The molecule has 0 saturated heterocycles. The lowest BCUT2D eigenvalue weighted by Gasteiger charge is -2.13. The summed E-state index contributed by atoms with van der Waals surface area (Å²) in [5.41, 5.74) is 0.806. The Morgan fingerprint density at radius 3 is 2.47 bits per heavy atom. The Balaban J connectivity index is 2.35. The van der Waals surface area contributed by atoms with Crippen molar-refractivity contribution < 1.29 is 18.6 Å². The summed E-state index contributed by atoms with van der Waals surface area (Å²) in [4.78, 5) is 0. The number of aliphatic hydroxyl groups is 1. The smallest absolute Gasteiger partial charge is 0.133 e. The van der Waals surface area contributed by atoms with E-state index in [4.69, 9.17) is 4.74 Å². The fourth-order valence-electron chi connectivity index (χ4n) is 1.75. The van der Waals surface area contributed by atoms with Crippen molar-refractivity contribution in [3.8, 4) is 11.5 Å². The second-order valence-electron chi connectivity index (χ2n) is 4.37. The highest BCUT2D eigenvalue weighted by Crippen LogP contribution is 2.30. The summed E-state index contributed by atoms with van der Waals surface area (Å²) < 4.78 is 31.9. The molecule has 0 aliphatic carbocycles. The molecule has 0 heterocycles. The zero-order valence-corrected chi connectivity index (χ0v) is 10.7. The first-order valence-electron chi connectivity index (χ1n) is 5.89. The highest BCUT2D eigenvalue weighted by Gasteiger charge is 2.12. The van der Waals surface area contributed by atoms with E-state index < -0.39 is 11.9 Å². The highest BCUT2D eigenvalue weighted by atomic mass is 19.1. The van der Waals surface area contributed by atoms with E-state index in [0.717, 1.165) is 0 Å². The predicted molar refractivity (Wildman–Crippen MR) is 68.2 cm³/mol. The third-order valence-corrected chi connectivity index (χ3v) is 2.78. The van der Waals surface area contributed by atoms with Crippen LogP contribution in [0.25, 0.3) is 0 Å². The van der Waals surface area contributed by atoms with Crippen LogP contribution < -0.4 is 4.74 Å². The zero-order chi connectivity index (χ0) is 14.0. The van der Waals surface area contributed by atoms with Gasteiger partial charge in [0.05, 0.1) is 6.10 Å². The van der Waals surface area contributed by atoms with Gasteiger partial charge in [0.1, 0.15) is 23.1 Å². The monoisotopic (exact) mass is 264 g/mol. The van der Waals surface area contributed by atoms with Gasteiger partial charge in [-0.1, -0.05) is 0 Å². The Morgan fingerprint density at radius 2 is 1.84 bits per heavy atom. The van der Waals surface area contributed by atoms with Crippen LogP contribution in [-0.4, -0.2) is 5.11 Å². The van der Waals surface area contributed by atoms with Crippen molar-refractivity contribution in [3.63, 3.8) is 0 Å². The lowest BCUT2D eigenvalue weighted by Crippen LogP contribution is -1.97. The second kappa shape index (κ2) is 5.36. The molecule has 0 bridgehead atoms. The molecule has 0 fully saturated rings. The molecular formula is C15H14F2O2. The number of hydrogen-bond donors (Lipinski definition) is 1. The Labute approximate surface area is 110 Å².